The second-order valence-corrected chi connectivity index (χ2v) is 11.5. The van der Waals surface area contributed by atoms with Gasteiger partial charge in [0.05, 0.1) is 38.3 Å². The van der Waals surface area contributed by atoms with Crippen LogP contribution in [-0.4, -0.2) is 77.9 Å². The first-order chi connectivity index (χ1) is 20.7. The van der Waals surface area contributed by atoms with E-state index < -0.39 is 6.10 Å². The molecule has 1 saturated heterocycles. The van der Waals surface area contributed by atoms with Crippen molar-refractivity contribution in [3.63, 3.8) is 0 Å². The van der Waals surface area contributed by atoms with Crippen LogP contribution in [0.4, 0.5) is 0 Å². The fourth-order valence-corrected chi connectivity index (χ4v) is 5.16. The van der Waals surface area contributed by atoms with Gasteiger partial charge in [-0.3, -0.25) is 19.4 Å². The molecule has 2 atom stereocenters. The number of likely N-dealkylation sites (N-methyl/N-ethyl adjacent to an activating group) is 1. The number of pyridine rings is 1. The summed E-state index contributed by atoms with van der Waals surface area (Å²) < 4.78 is 18.5. The van der Waals surface area contributed by atoms with Gasteiger partial charge in [0.1, 0.15) is 17.2 Å². The third-order valence-electron chi connectivity index (χ3n) is 7.37. The van der Waals surface area contributed by atoms with Crippen molar-refractivity contribution in [1.29, 1.82) is 0 Å². The summed E-state index contributed by atoms with van der Waals surface area (Å²) in [5.41, 5.74) is 2.07. The zero-order valence-electron chi connectivity index (χ0n) is 24.8. The van der Waals surface area contributed by atoms with E-state index in [1.807, 2.05) is 50.2 Å². The molecule has 0 radical (unpaired) electrons. The molecule has 10 heteroatoms. The van der Waals surface area contributed by atoms with E-state index in [0.717, 1.165) is 11.1 Å². The molecular formula is C33H38N4O6. The maximum absolute atomic E-state index is 13.4. The predicted octanol–water partition coefficient (Wildman–Crippen LogP) is 3.84. The van der Waals surface area contributed by atoms with Gasteiger partial charge in [-0.25, -0.2) is 0 Å². The van der Waals surface area contributed by atoms with Crippen LogP contribution >= 0.6 is 0 Å². The number of rotatable bonds is 5. The van der Waals surface area contributed by atoms with Crippen molar-refractivity contribution in [3.8, 4) is 17.2 Å². The second-order valence-electron chi connectivity index (χ2n) is 11.5. The maximum atomic E-state index is 13.4. The summed E-state index contributed by atoms with van der Waals surface area (Å²) >= 11 is 0. The van der Waals surface area contributed by atoms with Crippen molar-refractivity contribution < 1.29 is 28.6 Å². The highest BCUT2D eigenvalue weighted by Gasteiger charge is 2.34. The fourth-order valence-electron chi connectivity index (χ4n) is 5.16. The minimum absolute atomic E-state index is 0.0212. The lowest BCUT2D eigenvalue weighted by molar-refractivity contribution is -0.137. The van der Waals surface area contributed by atoms with Gasteiger partial charge in [-0.1, -0.05) is 32.0 Å². The van der Waals surface area contributed by atoms with E-state index in [9.17, 15) is 14.4 Å². The van der Waals surface area contributed by atoms with Crippen LogP contribution in [-0.2, 0) is 27.4 Å². The van der Waals surface area contributed by atoms with E-state index in [4.69, 9.17) is 14.2 Å². The van der Waals surface area contributed by atoms with Crippen LogP contribution in [0.1, 0.15) is 41.8 Å². The highest BCUT2D eigenvalue weighted by molar-refractivity contribution is 5.97. The van der Waals surface area contributed by atoms with Crippen LogP contribution in [0.15, 0.2) is 67.0 Å². The lowest BCUT2D eigenvalue weighted by Crippen LogP contribution is -2.57. The molecule has 3 amide bonds. The topological polar surface area (TPSA) is 110 Å². The van der Waals surface area contributed by atoms with E-state index >= 15 is 0 Å². The summed E-state index contributed by atoms with van der Waals surface area (Å²) in [4.78, 5) is 47.0. The smallest absolute Gasteiger partial charge is 0.254 e. The summed E-state index contributed by atoms with van der Waals surface area (Å²) in [7, 11) is 1.59. The molecule has 1 N–H and O–H groups in total. The van der Waals surface area contributed by atoms with Gasteiger partial charge in [-0.2, -0.15) is 0 Å². The van der Waals surface area contributed by atoms with Gasteiger partial charge in [0.25, 0.3) is 5.91 Å². The zero-order chi connectivity index (χ0) is 30.3. The number of ether oxygens (including phenoxy) is 3. The molecule has 2 aliphatic heterocycles. The van der Waals surface area contributed by atoms with Gasteiger partial charge < -0.3 is 29.3 Å². The number of benzene rings is 2. The normalized spacial score (nSPS) is 19.3. The second kappa shape index (κ2) is 13.7. The van der Waals surface area contributed by atoms with Crippen molar-refractivity contribution in [3.05, 3.63) is 83.7 Å². The molecule has 10 nitrogen and oxygen atoms in total. The molecule has 226 valence electrons. The highest BCUT2D eigenvalue weighted by atomic mass is 16.5. The molecule has 3 aromatic rings. The first-order valence-electron chi connectivity index (χ1n) is 14.6. The van der Waals surface area contributed by atoms with Crippen LogP contribution in [0.5, 0.6) is 17.2 Å². The molecule has 2 aromatic carbocycles. The zero-order valence-corrected chi connectivity index (χ0v) is 24.8. The predicted molar refractivity (Wildman–Crippen MR) is 160 cm³/mol. The van der Waals surface area contributed by atoms with E-state index in [0.29, 0.717) is 54.8 Å². The molecule has 4 bridgehead atoms. The minimum Gasteiger partial charge on any atom is -0.493 e. The minimum atomic E-state index is -0.442. The summed E-state index contributed by atoms with van der Waals surface area (Å²) in [6, 6.07) is 16.0. The maximum Gasteiger partial charge on any atom is 0.254 e. The van der Waals surface area contributed by atoms with Crippen LogP contribution in [0.25, 0.3) is 0 Å². The molecule has 3 heterocycles. The molecule has 0 aliphatic carbocycles. The number of amides is 3. The fraction of sp³-hybridized carbons (Fsp3) is 0.394. The Labute approximate surface area is 251 Å². The number of hydrogen-bond acceptors (Lipinski definition) is 7. The number of likely N-dealkylation sites (tertiary alicyclic amines) is 1. The average Bonchev–Trinajstić information content (AvgIpc) is 2.99. The third kappa shape index (κ3) is 8.10. The van der Waals surface area contributed by atoms with Crippen LogP contribution in [0.2, 0.25) is 0 Å². The number of aromatic nitrogens is 1. The standard InChI is InChI=1S/C33H38N4O6/c1-22(2)20-41-27-14-25-15-28(16-27)43-26-8-4-6-24(12-26)21-42-30-18-37(32(39)13-23-7-5-10-34-17-23)11-9-29(30)35-31(38)19-36(3)33(25)40/h4-8,10,12,14-17,22,29-30H,9,11,13,18-21H2,1-3H3,(H,35,38)/t29-,30-/m0/s1. The van der Waals surface area contributed by atoms with Gasteiger partial charge >= 0.3 is 0 Å². The first kappa shape index (κ1) is 30.0. The Hall–Kier alpha value is -4.44. The van der Waals surface area contributed by atoms with E-state index in [1.54, 1.807) is 42.5 Å². The third-order valence-corrected chi connectivity index (χ3v) is 7.37. The summed E-state index contributed by atoms with van der Waals surface area (Å²) in [6.07, 6.45) is 3.69. The quantitative estimate of drug-likeness (QED) is 0.484. The largest absolute Gasteiger partial charge is 0.493 e. The lowest BCUT2D eigenvalue weighted by atomic mass is 10.0. The number of carbonyl (C=O) groups excluding carboxylic acids is 3. The Balaban J connectivity index is 1.39. The number of nitrogens with one attached hydrogen (secondary N) is 1. The van der Waals surface area contributed by atoms with Gasteiger partial charge in [0.2, 0.25) is 11.8 Å². The van der Waals surface area contributed by atoms with Crippen molar-refractivity contribution >= 4 is 17.7 Å². The first-order valence-corrected chi connectivity index (χ1v) is 14.6. The lowest BCUT2D eigenvalue weighted by Gasteiger charge is -2.39. The van der Waals surface area contributed by atoms with Crippen molar-refractivity contribution in [2.45, 2.75) is 45.4 Å². The van der Waals surface area contributed by atoms with E-state index in [1.165, 1.54) is 4.90 Å². The average molecular weight is 587 g/mol. The van der Waals surface area contributed by atoms with Crippen molar-refractivity contribution in [1.82, 2.24) is 20.1 Å². The van der Waals surface area contributed by atoms with E-state index in [2.05, 4.69) is 10.3 Å². The van der Waals surface area contributed by atoms with Gasteiger partial charge in [-0.05, 0) is 53.8 Å². The van der Waals surface area contributed by atoms with E-state index in [-0.39, 0.29) is 43.3 Å². The SMILES string of the molecule is CC(C)COc1cc2cc(c1)C(=O)N(C)CC(=O)N[C@H]1CCN(C(=O)Cc3cccnc3)C[C@@H]1OCc1cccc(c1)O2. The molecule has 43 heavy (non-hydrogen) atoms. The molecule has 1 aromatic heterocycles. The Morgan fingerprint density at radius 2 is 1.98 bits per heavy atom. The Kier molecular flexibility index (Phi) is 9.56. The highest BCUT2D eigenvalue weighted by Crippen LogP contribution is 2.29. The van der Waals surface area contributed by atoms with Gasteiger partial charge in [0.15, 0.2) is 0 Å². The van der Waals surface area contributed by atoms with Gasteiger partial charge in [0, 0.05) is 44.2 Å². The summed E-state index contributed by atoms with van der Waals surface area (Å²) in [6.45, 7) is 5.51. The molecule has 0 unspecified atom stereocenters. The molecule has 0 spiro atoms. The summed E-state index contributed by atoms with van der Waals surface area (Å²) in [5, 5.41) is 3.06. The number of nitrogens with zero attached hydrogens (tertiary/aromatic N) is 3. The number of carbonyl (C=O) groups is 3. The van der Waals surface area contributed by atoms with Gasteiger partial charge in [-0.15, -0.1) is 0 Å². The summed E-state index contributed by atoms with van der Waals surface area (Å²) in [5.74, 6) is 1.19. The Morgan fingerprint density at radius 3 is 2.77 bits per heavy atom. The number of fused-ring (bicyclic) bond motifs is 5. The number of hydrogen-bond donors (Lipinski definition) is 1. The molecule has 2 aliphatic rings. The monoisotopic (exact) mass is 586 g/mol. The molecular weight excluding hydrogens is 548 g/mol. The molecule has 1 fully saturated rings. The Morgan fingerprint density at radius 1 is 1.12 bits per heavy atom. The molecule has 0 saturated carbocycles. The van der Waals surface area contributed by atoms with Crippen LogP contribution in [0.3, 0.4) is 0 Å². The molecule has 5 rings (SSSR count). The Bertz CT molecular complexity index is 1450. The van der Waals surface area contributed by atoms with Crippen LogP contribution in [0, 0.1) is 5.92 Å². The van der Waals surface area contributed by atoms with Crippen LogP contribution < -0.4 is 14.8 Å². The number of piperidine rings is 1. The van der Waals surface area contributed by atoms with Crippen molar-refractivity contribution in [2.24, 2.45) is 5.92 Å². The van der Waals surface area contributed by atoms with Crippen molar-refractivity contribution in [2.75, 3.05) is 33.3 Å².